The minimum Gasteiger partial charge on any atom is -0.496 e. The first-order valence-corrected chi connectivity index (χ1v) is 5.76. The Labute approximate surface area is 115 Å². The van der Waals surface area contributed by atoms with E-state index in [2.05, 4.69) is 10.3 Å². The highest BCUT2D eigenvalue weighted by Crippen LogP contribution is 2.19. The number of anilines is 1. The molecule has 1 aromatic heterocycles. The normalized spacial score (nSPS) is 9.85. The van der Waals surface area contributed by atoms with Gasteiger partial charge >= 0.3 is 5.97 Å². The third kappa shape index (κ3) is 2.74. The highest BCUT2D eigenvalue weighted by atomic mass is 16.5. The highest BCUT2D eigenvalue weighted by molar-refractivity contribution is 6.08. The van der Waals surface area contributed by atoms with E-state index < -0.39 is 11.9 Å². The molecular formula is C14H12N2O4. The number of ether oxygens (including phenoxy) is 1. The lowest BCUT2D eigenvalue weighted by Gasteiger charge is -2.09. The van der Waals surface area contributed by atoms with E-state index in [1.807, 2.05) is 0 Å². The molecule has 0 aliphatic rings. The molecule has 6 heteroatoms. The van der Waals surface area contributed by atoms with Gasteiger partial charge < -0.3 is 15.2 Å². The number of hydrogen-bond donors (Lipinski definition) is 2. The Morgan fingerprint density at radius 1 is 1.15 bits per heavy atom. The van der Waals surface area contributed by atoms with Gasteiger partial charge in [0.05, 0.1) is 12.7 Å². The second-order valence-corrected chi connectivity index (χ2v) is 3.86. The zero-order valence-corrected chi connectivity index (χ0v) is 10.7. The molecule has 0 aliphatic carbocycles. The van der Waals surface area contributed by atoms with Crippen LogP contribution in [-0.2, 0) is 0 Å². The van der Waals surface area contributed by atoms with Crippen LogP contribution in [0.4, 0.5) is 5.82 Å². The first-order valence-electron chi connectivity index (χ1n) is 5.76. The maximum absolute atomic E-state index is 12.1. The van der Waals surface area contributed by atoms with Gasteiger partial charge in [0, 0.05) is 6.20 Å². The predicted molar refractivity (Wildman–Crippen MR) is 72.1 cm³/mol. The number of methoxy groups -OCH3 is 1. The lowest BCUT2D eigenvalue weighted by molar-refractivity contribution is 0.0697. The van der Waals surface area contributed by atoms with Crippen molar-refractivity contribution in [2.45, 2.75) is 0 Å². The van der Waals surface area contributed by atoms with Gasteiger partial charge in [-0.15, -0.1) is 0 Å². The maximum Gasteiger partial charge on any atom is 0.339 e. The predicted octanol–water partition coefficient (Wildman–Crippen LogP) is 2.04. The average molecular weight is 272 g/mol. The Morgan fingerprint density at radius 3 is 2.55 bits per heavy atom. The molecule has 20 heavy (non-hydrogen) atoms. The van der Waals surface area contributed by atoms with Crippen LogP contribution in [0.2, 0.25) is 0 Å². The number of carboxylic acid groups (broad SMARTS) is 1. The van der Waals surface area contributed by atoms with E-state index in [-0.39, 0.29) is 11.4 Å². The van der Waals surface area contributed by atoms with E-state index in [1.54, 1.807) is 24.3 Å². The number of aromatic nitrogens is 1. The first kappa shape index (κ1) is 13.5. The summed E-state index contributed by atoms with van der Waals surface area (Å²) in [5, 5.41) is 11.5. The van der Waals surface area contributed by atoms with Gasteiger partial charge in [0.25, 0.3) is 5.91 Å². The summed E-state index contributed by atoms with van der Waals surface area (Å²) >= 11 is 0. The van der Waals surface area contributed by atoms with Crippen LogP contribution in [0.5, 0.6) is 5.75 Å². The van der Waals surface area contributed by atoms with Crippen molar-refractivity contribution in [3.05, 3.63) is 53.7 Å². The molecule has 0 spiro atoms. The van der Waals surface area contributed by atoms with Gasteiger partial charge in [-0.05, 0) is 24.3 Å². The third-order valence-corrected chi connectivity index (χ3v) is 2.62. The molecule has 0 radical (unpaired) electrons. The molecule has 0 aliphatic heterocycles. The fourth-order valence-corrected chi connectivity index (χ4v) is 1.68. The quantitative estimate of drug-likeness (QED) is 0.889. The van der Waals surface area contributed by atoms with Crippen LogP contribution in [0.15, 0.2) is 42.6 Å². The van der Waals surface area contributed by atoms with E-state index in [9.17, 15) is 9.59 Å². The number of benzene rings is 1. The number of nitrogens with zero attached hydrogens (tertiary/aromatic N) is 1. The van der Waals surface area contributed by atoms with Gasteiger partial charge in [0.2, 0.25) is 0 Å². The Hall–Kier alpha value is -2.89. The number of aromatic carboxylic acids is 1. The van der Waals surface area contributed by atoms with Gasteiger partial charge in [-0.25, -0.2) is 9.78 Å². The molecule has 0 unspecified atom stereocenters. The molecule has 1 amide bonds. The Balaban J connectivity index is 2.31. The molecule has 0 saturated carbocycles. The Morgan fingerprint density at radius 2 is 1.85 bits per heavy atom. The number of pyridine rings is 1. The van der Waals surface area contributed by atoms with E-state index in [0.29, 0.717) is 11.3 Å². The minimum atomic E-state index is -1.16. The smallest absolute Gasteiger partial charge is 0.339 e. The summed E-state index contributed by atoms with van der Waals surface area (Å²) in [7, 11) is 1.45. The zero-order chi connectivity index (χ0) is 14.5. The third-order valence-electron chi connectivity index (χ3n) is 2.62. The van der Waals surface area contributed by atoms with Crippen LogP contribution in [-0.4, -0.2) is 29.1 Å². The second-order valence-electron chi connectivity index (χ2n) is 3.86. The minimum absolute atomic E-state index is 0.00379. The summed E-state index contributed by atoms with van der Waals surface area (Å²) < 4.78 is 5.08. The van der Waals surface area contributed by atoms with Crippen molar-refractivity contribution in [1.29, 1.82) is 0 Å². The summed E-state index contributed by atoms with van der Waals surface area (Å²) in [5.74, 6) is -1.24. The van der Waals surface area contributed by atoms with E-state index in [1.165, 1.54) is 25.4 Å². The first-order chi connectivity index (χ1) is 9.63. The lowest BCUT2D eigenvalue weighted by Crippen LogP contribution is -2.16. The monoisotopic (exact) mass is 272 g/mol. The van der Waals surface area contributed by atoms with Crippen molar-refractivity contribution >= 4 is 17.7 Å². The molecule has 0 bridgehead atoms. The molecule has 2 rings (SSSR count). The summed E-state index contributed by atoms with van der Waals surface area (Å²) in [6.07, 6.45) is 1.41. The number of hydrogen-bond acceptors (Lipinski definition) is 4. The molecule has 1 aromatic carbocycles. The van der Waals surface area contributed by atoms with Crippen LogP contribution >= 0.6 is 0 Å². The van der Waals surface area contributed by atoms with Crippen molar-refractivity contribution in [1.82, 2.24) is 4.98 Å². The number of carboxylic acids is 1. The molecule has 1 heterocycles. The van der Waals surface area contributed by atoms with E-state index >= 15 is 0 Å². The SMILES string of the molecule is COc1ccccc1C(=O)Nc1ncccc1C(=O)O. The topological polar surface area (TPSA) is 88.5 Å². The van der Waals surface area contributed by atoms with E-state index in [4.69, 9.17) is 9.84 Å². The Bertz CT molecular complexity index is 655. The van der Waals surface area contributed by atoms with Crippen LogP contribution in [0.3, 0.4) is 0 Å². The highest BCUT2D eigenvalue weighted by Gasteiger charge is 2.16. The molecule has 0 saturated heterocycles. The number of carbonyl (C=O) groups excluding carboxylic acids is 1. The van der Waals surface area contributed by atoms with Crippen molar-refractivity contribution in [2.75, 3.05) is 12.4 Å². The summed E-state index contributed by atoms with van der Waals surface area (Å²) in [5.41, 5.74) is 0.229. The van der Waals surface area contributed by atoms with Crippen molar-refractivity contribution in [2.24, 2.45) is 0 Å². The zero-order valence-electron chi connectivity index (χ0n) is 10.7. The molecule has 2 N–H and O–H groups in total. The maximum atomic E-state index is 12.1. The number of nitrogens with one attached hydrogen (secondary N) is 1. The van der Waals surface area contributed by atoms with Gasteiger partial charge in [-0.2, -0.15) is 0 Å². The summed E-state index contributed by atoms with van der Waals surface area (Å²) in [6.45, 7) is 0. The number of para-hydroxylation sites is 1. The van der Waals surface area contributed by atoms with Crippen LogP contribution in [0, 0.1) is 0 Å². The molecule has 0 fully saturated rings. The largest absolute Gasteiger partial charge is 0.496 e. The van der Waals surface area contributed by atoms with Crippen LogP contribution in [0.25, 0.3) is 0 Å². The fraction of sp³-hybridized carbons (Fsp3) is 0.0714. The molecular weight excluding hydrogens is 260 g/mol. The van der Waals surface area contributed by atoms with Gasteiger partial charge in [-0.1, -0.05) is 12.1 Å². The second kappa shape index (κ2) is 5.83. The van der Waals surface area contributed by atoms with Gasteiger partial charge in [0.1, 0.15) is 17.1 Å². The van der Waals surface area contributed by atoms with Crippen LogP contribution in [0.1, 0.15) is 20.7 Å². The number of rotatable bonds is 4. The lowest BCUT2D eigenvalue weighted by atomic mass is 10.2. The van der Waals surface area contributed by atoms with Crippen molar-refractivity contribution < 1.29 is 19.4 Å². The molecule has 0 atom stereocenters. The number of carbonyl (C=O) groups is 2. The summed E-state index contributed by atoms with van der Waals surface area (Å²) in [4.78, 5) is 27.1. The number of amides is 1. The van der Waals surface area contributed by atoms with Crippen molar-refractivity contribution in [3.8, 4) is 5.75 Å². The standard InChI is InChI=1S/C14H12N2O4/c1-20-11-7-3-2-5-9(11)13(17)16-12-10(14(18)19)6-4-8-15-12/h2-8H,1H3,(H,18,19)(H,15,16,17). The average Bonchev–Trinajstić information content (AvgIpc) is 2.47. The molecule has 102 valence electrons. The van der Waals surface area contributed by atoms with Gasteiger partial charge in [-0.3, -0.25) is 4.79 Å². The van der Waals surface area contributed by atoms with E-state index in [0.717, 1.165) is 0 Å². The van der Waals surface area contributed by atoms with Crippen molar-refractivity contribution in [3.63, 3.8) is 0 Å². The Kier molecular flexibility index (Phi) is 3.95. The molecule has 2 aromatic rings. The van der Waals surface area contributed by atoms with Gasteiger partial charge in [0.15, 0.2) is 0 Å². The van der Waals surface area contributed by atoms with Crippen LogP contribution < -0.4 is 10.1 Å². The summed E-state index contributed by atoms with van der Waals surface area (Å²) in [6, 6.07) is 9.51. The molecule has 6 nitrogen and oxygen atoms in total. The fourth-order valence-electron chi connectivity index (χ4n) is 1.68.